The highest BCUT2D eigenvalue weighted by Crippen LogP contribution is 2.28. The first-order valence-electron chi connectivity index (χ1n) is 13.4. The van der Waals surface area contributed by atoms with Crippen molar-refractivity contribution in [2.24, 2.45) is 0 Å². The maximum atomic E-state index is 14.0. The van der Waals surface area contributed by atoms with Crippen molar-refractivity contribution < 1.29 is 9.59 Å². The van der Waals surface area contributed by atoms with E-state index in [1.165, 1.54) is 5.56 Å². The van der Waals surface area contributed by atoms with Gasteiger partial charge in [-0.1, -0.05) is 98.8 Å². The lowest BCUT2D eigenvalue weighted by atomic mass is 9.97. The van der Waals surface area contributed by atoms with Crippen LogP contribution in [0.3, 0.4) is 0 Å². The zero-order valence-electron chi connectivity index (χ0n) is 23.2. The van der Waals surface area contributed by atoms with Crippen LogP contribution in [-0.2, 0) is 22.6 Å². The van der Waals surface area contributed by atoms with Crippen molar-refractivity contribution in [1.29, 1.82) is 0 Å². The van der Waals surface area contributed by atoms with Gasteiger partial charge in [0.2, 0.25) is 5.91 Å². The van der Waals surface area contributed by atoms with E-state index in [1.807, 2.05) is 116 Å². The normalized spacial score (nSPS) is 11.6. The second-order valence-corrected chi connectivity index (χ2v) is 10.3. The van der Waals surface area contributed by atoms with Crippen LogP contribution in [0.25, 0.3) is 0 Å². The lowest BCUT2D eigenvalue weighted by molar-refractivity contribution is -0.139. The highest BCUT2D eigenvalue weighted by Gasteiger charge is 2.32. The van der Waals surface area contributed by atoms with Crippen molar-refractivity contribution in [2.45, 2.75) is 38.8 Å². The third-order valence-corrected chi connectivity index (χ3v) is 6.84. The molecule has 0 aromatic heterocycles. The van der Waals surface area contributed by atoms with Gasteiger partial charge in [0, 0.05) is 32.0 Å². The van der Waals surface area contributed by atoms with E-state index in [0.717, 1.165) is 22.4 Å². The van der Waals surface area contributed by atoms with Gasteiger partial charge < -0.3 is 15.1 Å². The molecule has 0 fully saturated rings. The van der Waals surface area contributed by atoms with Crippen molar-refractivity contribution in [2.75, 3.05) is 24.3 Å². The van der Waals surface area contributed by atoms with Gasteiger partial charge in [-0.05, 0) is 52.4 Å². The number of anilines is 2. The van der Waals surface area contributed by atoms with Gasteiger partial charge in [-0.3, -0.25) is 9.59 Å². The Morgan fingerprint density at radius 1 is 0.692 bits per heavy atom. The Kier molecular flexibility index (Phi) is 9.16. The molecule has 0 aliphatic carbocycles. The van der Waals surface area contributed by atoms with Crippen molar-refractivity contribution >= 4 is 23.2 Å². The Balaban J connectivity index is 1.73. The minimum absolute atomic E-state index is 0.110. The minimum atomic E-state index is -0.809. The lowest BCUT2D eigenvalue weighted by Gasteiger charge is -2.32. The maximum Gasteiger partial charge on any atom is 0.251 e. The molecule has 4 aromatic rings. The van der Waals surface area contributed by atoms with Gasteiger partial charge in [0.05, 0.1) is 6.42 Å². The number of benzene rings is 4. The molecule has 0 aliphatic heterocycles. The molecule has 0 saturated heterocycles. The van der Waals surface area contributed by atoms with Gasteiger partial charge in [0.15, 0.2) is 0 Å². The maximum absolute atomic E-state index is 14.0. The number of carbonyl (C=O) groups is 2. The van der Waals surface area contributed by atoms with E-state index in [9.17, 15) is 9.59 Å². The van der Waals surface area contributed by atoms with E-state index in [1.54, 1.807) is 4.90 Å². The first-order chi connectivity index (χ1) is 18.8. The van der Waals surface area contributed by atoms with Crippen LogP contribution in [-0.4, -0.2) is 30.8 Å². The van der Waals surface area contributed by atoms with Gasteiger partial charge in [-0.25, -0.2) is 0 Å². The van der Waals surface area contributed by atoms with Gasteiger partial charge in [0.1, 0.15) is 6.04 Å². The molecule has 5 heteroatoms. The molecular formula is C34H37N3O2. The first kappa shape index (κ1) is 27.6. The number of rotatable bonds is 10. The predicted molar refractivity (Wildman–Crippen MR) is 160 cm³/mol. The number of hydrogen-bond donors (Lipinski definition) is 1. The van der Waals surface area contributed by atoms with Gasteiger partial charge in [-0.2, -0.15) is 0 Å². The zero-order chi connectivity index (χ0) is 27.8. The molecule has 1 unspecified atom stereocenters. The summed E-state index contributed by atoms with van der Waals surface area (Å²) in [7, 11) is 3.95. The summed E-state index contributed by atoms with van der Waals surface area (Å²) in [6.45, 7) is 4.60. The Morgan fingerprint density at radius 3 is 1.77 bits per heavy atom. The first-order valence-corrected chi connectivity index (χ1v) is 13.4. The standard InChI is InChI=1S/C34H37N3O2/c1-25(2)28-15-17-29(18-16-28)33(34(39)35-30-19-21-31(22-20-30)36(3)4)37(24-27-13-9-6-10-14-27)32(38)23-26-11-7-5-8-12-26/h5-22,25,33H,23-24H2,1-4H3,(H,35,39). The average Bonchev–Trinajstić information content (AvgIpc) is 2.94. The molecule has 0 saturated carbocycles. The van der Waals surface area contributed by atoms with E-state index in [0.29, 0.717) is 18.2 Å². The van der Waals surface area contributed by atoms with Crippen LogP contribution in [0.5, 0.6) is 0 Å². The number of carbonyl (C=O) groups excluding carboxylic acids is 2. The Labute approximate surface area is 232 Å². The second kappa shape index (κ2) is 12.9. The number of nitrogens with one attached hydrogen (secondary N) is 1. The third kappa shape index (κ3) is 7.35. The van der Waals surface area contributed by atoms with Crippen molar-refractivity contribution in [3.63, 3.8) is 0 Å². The summed E-state index contributed by atoms with van der Waals surface area (Å²) < 4.78 is 0. The number of amides is 2. The molecule has 0 spiro atoms. The Morgan fingerprint density at radius 2 is 1.23 bits per heavy atom. The van der Waals surface area contributed by atoms with Crippen molar-refractivity contribution in [3.8, 4) is 0 Å². The molecule has 4 aromatic carbocycles. The fourth-order valence-corrected chi connectivity index (χ4v) is 4.57. The predicted octanol–water partition coefficient (Wildman–Crippen LogP) is 6.83. The Bertz CT molecular complexity index is 1350. The van der Waals surface area contributed by atoms with Gasteiger partial charge in [0.25, 0.3) is 5.91 Å². The molecular weight excluding hydrogens is 482 g/mol. The molecule has 2 amide bonds. The summed E-state index contributed by atoms with van der Waals surface area (Å²) in [5.41, 5.74) is 5.56. The summed E-state index contributed by atoms with van der Waals surface area (Å²) >= 11 is 0. The molecule has 4 rings (SSSR count). The quantitative estimate of drug-likeness (QED) is 0.250. The molecule has 0 bridgehead atoms. The smallest absolute Gasteiger partial charge is 0.251 e. The lowest BCUT2D eigenvalue weighted by Crippen LogP contribution is -2.41. The fourth-order valence-electron chi connectivity index (χ4n) is 4.57. The van der Waals surface area contributed by atoms with E-state index < -0.39 is 6.04 Å². The summed E-state index contributed by atoms with van der Waals surface area (Å²) in [4.78, 5) is 31.7. The van der Waals surface area contributed by atoms with Crippen LogP contribution in [0.4, 0.5) is 11.4 Å². The molecule has 0 radical (unpaired) electrons. The van der Waals surface area contributed by atoms with Crippen molar-refractivity contribution in [1.82, 2.24) is 4.90 Å². The van der Waals surface area contributed by atoms with Crippen LogP contribution in [0.1, 0.15) is 48.1 Å². The average molecular weight is 520 g/mol. The van der Waals surface area contributed by atoms with Crippen LogP contribution < -0.4 is 10.2 Å². The van der Waals surface area contributed by atoms with Crippen LogP contribution in [0.2, 0.25) is 0 Å². The largest absolute Gasteiger partial charge is 0.378 e. The zero-order valence-corrected chi connectivity index (χ0v) is 23.2. The Hall–Kier alpha value is -4.38. The van der Waals surface area contributed by atoms with Gasteiger partial charge >= 0.3 is 0 Å². The number of hydrogen-bond acceptors (Lipinski definition) is 3. The molecule has 1 atom stereocenters. The summed E-state index contributed by atoms with van der Waals surface area (Å²) in [5.74, 6) is 0.00464. The summed E-state index contributed by atoms with van der Waals surface area (Å²) in [6.07, 6.45) is 0.207. The SMILES string of the molecule is CC(C)c1ccc(C(C(=O)Nc2ccc(N(C)C)cc2)N(Cc2ccccc2)C(=O)Cc2ccccc2)cc1. The highest BCUT2D eigenvalue weighted by molar-refractivity contribution is 5.98. The van der Waals surface area contributed by atoms with E-state index in [2.05, 4.69) is 31.3 Å². The highest BCUT2D eigenvalue weighted by atomic mass is 16.2. The van der Waals surface area contributed by atoms with E-state index in [4.69, 9.17) is 0 Å². The molecule has 5 nitrogen and oxygen atoms in total. The van der Waals surface area contributed by atoms with Crippen molar-refractivity contribution in [3.05, 3.63) is 131 Å². The molecule has 0 heterocycles. The third-order valence-electron chi connectivity index (χ3n) is 6.84. The summed E-state index contributed by atoms with van der Waals surface area (Å²) in [5, 5.41) is 3.08. The van der Waals surface area contributed by atoms with Gasteiger partial charge in [-0.15, -0.1) is 0 Å². The van der Waals surface area contributed by atoms with Crippen LogP contribution >= 0.6 is 0 Å². The van der Waals surface area contributed by atoms with E-state index in [-0.39, 0.29) is 18.2 Å². The minimum Gasteiger partial charge on any atom is -0.378 e. The van der Waals surface area contributed by atoms with E-state index >= 15 is 0 Å². The molecule has 39 heavy (non-hydrogen) atoms. The van der Waals surface area contributed by atoms with Crippen LogP contribution in [0.15, 0.2) is 109 Å². The molecule has 1 N–H and O–H groups in total. The second-order valence-electron chi connectivity index (χ2n) is 10.3. The van der Waals surface area contributed by atoms with Crippen LogP contribution in [0, 0.1) is 0 Å². The number of nitrogens with zero attached hydrogens (tertiary/aromatic N) is 2. The summed E-state index contributed by atoms with van der Waals surface area (Å²) in [6, 6.07) is 34.4. The topological polar surface area (TPSA) is 52.7 Å². The fraction of sp³-hybridized carbons (Fsp3) is 0.235. The molecule has 0 aliphatic rings. The monoisotopic (exact) mass is 519 g/mol. The molecule has 200 valence electrons.